The molecule has 2 rings (SSSR count). The first-order valence-electron chi connectivity index (χ1n) is 4.94. The minimum Gasteiger partial charge on any atom is -0.320 e. The first-order valence-corrected chi connectivity index (χ1v) is 5.73. The Bertz CT molecular complexity index is 499. The van der Waals surface area contributed by atoms with Crippen LogP contribution in [0.2, 0.25) is 0 Å². The Morgan fingerprint density at radius 2 is 1.81 bits per heavy atom. The standard InChI is InChI=1S/C13H11BrFN/c14-12-7-2-1-6-11(12)13(16)9-4-3-5-10(15)8-9/h1-8,13H,16H2. The zero-order chi connectivity index (χ0) is 11.5. The van der Waals surface area contributed by atoms with Crippen molar-refractivity contribution in [2.24, 2.45) is 5.73 Å². The lowest BCUT2D eigenvalue weighted by molar-refractivity contribution is 0.623. The van der Waals surface area contributed by atoms with E-state index in [0.29, 0.717) is 0 Å². The molecule has 0 spiro atoms. The smallest absolute Gasteiger partial charge is 0.123 e. The van der Waals surface area contributed by atoms with Gasteiger partial charge in [-0.2, -0.15) is 0 Å². The Labute approximate surface area is 102 Å². The van der Waals surface area contributed by atoms with E-state index in [9.17, 15) is 4.39 Å². The highest BCUT2D eigenvalue weighted by Gasteiger charge is 2.11. The van der Waals surface area contributed by atoms with Crippen molar-refractivity contribution in [2.75, 3.05) is 0 Å². The maximum absolute atomic E-state index is 13.1. The molecule has 0 aliphatic rings. The summed E-state index contributed by atoms with van der Waals surface area (Å²) in [6.45, 7) is 0. The summed E-state index contributed by atoms with van der Waals surface area (Å²) in [4.78, 5) is 0. The van der Waals surface area contributed by atoms with Crippen LogP contribution < -0.4 is 5.73 Å². The number of benzene rings is 2. The fourth-order valence-corrected chi connectivity index (χ4v) is 2.14. The van der Waals surface area contributed by atoms with Gasteiger partial charge in [-0.1, -0.05) is 46.3 Å². The van der Waals surface area contributed by atoms with E-state index in [1.807, 2.05) is 30.3 Å². The topological polar surface area (TPSA) is 26.0 Å². The molecule has 1 atom stereocenters. The minimum atomic E-state index is -0.314. The van der Waals surface area contributed by atoms with E-state index in [0.717, 1.165) is 15.6 Å². The molecule has 0 radical (unpaired) electrons. The van der Waals surface area contributed by atoms with Crippen molar-refractivity contribution in [3.8, 4) is 0 Å². The monoisotopic (exact) mass is 279 g/mol. The normalized spacial score (nSPS) is 12.4. The summed E-state index contributed by atoms with van der Waals surface area (Å²) in [6.07, 6.45) is 0. The lowest BCUT2D eigenvalue weighted by Gasteiger charge is -2.14. The van der Waals surface area contributed by atoms with Crippen LogP contribution in [-0.2, 0) is 0 Å². The van der Waals surface area contributed by atoms with Crippen LogP contribution >= 0.6 is 15.9 Å². The largest absolute Gasteiger partial charge is 0.320 e. The molecule has 16 heavy (non-hydrogen) atoms. The van der Waals surface area contributed by atoms with Crippen LogP contribution in [0.25, 0.3) is 0 Å². The molecule has 82 valence electrons. The Balaban J connectivity index is 2.39. The molecule has 0 bridgehead atoms. The van der Waals surface area contributed by atoms with E-state index in [-0.39, 0.29) is 11.9 Å². The van der Waals surface area contributed by atoms with E-state index in [4.69, 9.17) is 5.73 Å². The zero-order valence-corrected chi connectivity index (χ0v) is 10.1. The van der Waals surface area contributed by atoms with Gasteiger partial charge >= 0.3 is 0 Å². The summed E-state index contributed by atoms with van der Waals surface area (Å²) in [5, 5.41) is 0. The predicted molar refractivity (Wildman–Crippen MR) is 66.6 cm³/mol. The summed E-state index contributed by atoms with van der Waals surface area (Å²) < 4.78 is 14.0. The lowest BCUT2D eigenvalue weighted by atomic mass is 10.00. The molecule has 0 saturated heterocycles. The van der Waals surface area contributed by atoms with E-state index >= 15 is 0 Å². The van der Waals surface area contributed by atoms with Crippen molar-refractivity contribution in [3.63, 3.8) is 0 Å². The fraction of sp³-hybridized carbons (Fsp3) is 0.0769. The van der Waals surface area contributed by atoms with Gasteiger partial charge in [-0.15, -0.1) is 0 Å². The summed E-state index contributed by atoms with van der Waals surface area (Å²) in [6, 6.07) is 13.8. The van der Waals surface area contributed by atoms with Crippen molar-refractivity contribution >= 4 is 15.9 Å². The summed E-state index contributed by atoms with van der Waals surface area (Å²) in [5.74, 6) is -0.264. The lowest BCUT2D eigenvalue weighted by Crippen LogP contribution is -2.12. The van der Waals surface area contributed by atoms with E-state index in [1.165, 1.54) is 12.1 Å². The molecule has 0 amide bonds. The molecule has 0 aliphatic heterocycles. The highest BCUT2D eigenvalue weighted by Crippen LogP contribution is 2.26. The van der Waals surface area contributed by atoms with Gasteiger partial charge in [-0.25, -0.2) is 4.39 Å². The van der Waals surface area contributed by atoms with Crippen LogP contribution in [0.15, 0.2) is 53.0 Å². The predicted octanol–water partition coefficient (Wildman–Crippen LogP) is 3.64. The van der Waals surface area contributed by atoms with Gasteiger partial charge < -0.3 is 5.73 Å². The third-order valence-electron chi connectivity index (χ3n) is 2.45. The fourth-order valence-electron chi connectivity index (χ4n) is 1.61. The van der Waals surface area contributed by atoms with Crippen LogP contribution in [0.1, 0.15) is 17.2 Å². The highest BCUT2D eigenvalue weighted by atomic mass is 79.9. The van der Waals surface area contributed by atoms with Gasteiger partial charge in [0, 0.05) is 4.47 Å². The Hall–Kier alpha value is -1.19. The molecule has 0 heterocycles. The molecule has 3 heteroatoms. The molecule has 1 nitrogen and oxygen atoms in total. The second kappa shape index (κ2) is 4.76. The van der Waals surface area contributed by atoms with E-state index in [1.54, 1.807) is 6.07 Å². The summed E-state index contributed by atoms with van der Waals surface area (Å²) in [5.41, 5.74) is 7.81. The average Bonchev–Trinajstić information content (AvgIpc) is 2.29. The van der Waals surface area contributed by atoms with Gasteiger partial charge in [0.05, 0.1) is 6.04 Å². The number of hydrogen-bond donors (Lipinski definition) is 1. The maximum atomic E-state index is 13.1. The first-order chi connectivity index (χ1) is 7.68. The van der Waals surface area contributed by atoms with Gasteiger partial charge in [0.2, 0.25) is 0 Å². The Kier molecular flexibility index (Phi) is 3.36. The third kappa shape index (κ3) is 2.31. The van der Waals surface area contributed by atoms with Gasteiger partial charge in [0.25, 0.3) is 0 Å². The molecular weight excluding hydrogens is 269 g/mol. The van der Waals surface area contributed by atoms with Crippen molar-refractivity contribution in [1.82, 2.24) is 0 Å². The molecule has 0 aliphatic carbocycles. The zero-order valence-electron chi connectivity index (χ0n) is 8.53. The molecule has 0 fully saturated rings. The average molecular weight is 280 g/mol. The van der Waals surface area contributed by atoms with Crippen molar-refractivity contribution in [1.29, 1.82) is 0 Å². The van der Waals surface area contributed by atoms with Crippen molar-refractivity contribution in [3.05, 3.63) is 69.9 Å². The van der Waals surface area contributed by atoms with E-state index < -0.39 is 0 Å². The molecule has 1 unspecified atom stereocenters. The first kappa shape index (κ1) is 11.3. The minimum absolute atomic E-state index is 0.264. The number of halogens is 2. The number of rotatable bonds is 2. The third-order valence-corrected chi connectivity index (χ3v) is 3.17. The van der Waals surface area contributed by atoms with Gasteiger partial charge in [0.15, 0.2) is 0 Å². The van der Waals surface area contributed by atoms with Crippen LogP contribution in [0.4, 0.5) is 4.39 Å². The van der Waals surface area contributed by atoms with Gasteiger partial charge in [-0.05, 0) is 29.3 Å². The molecule has 0 saturated carbocycles. The SMILES string of the molecule is NC(c1cccc(F)c1)c1ccccc1Br. The van der Waals surface area contributed by atoms with Gasteiger partial charge in [0.1, 0.15) is 5.82 Å². The Morgan fingerprint density at radius 1 is 1.06 bits per heavy atom. The second-order valence-electron chi connectivity index (χ2n) is 3.55. The maximum Gasteiger partial charge on any atom is 0.123 e. The highest BCUT2D eigenvalue weighted by molar-refractivity contribution is 9.10. The van der Waals surface area contributed by atoms with Gasteiger partial charge in [-0.3, -0.25) is 0 Å². The molecule has 2 N–H and O–H groups in total. The summed E-state index contributed by atoms with van der Waals surface area (Å²) in [7, 11) is 0. The number of hydrogen-bond acceptors (Lipinski definition) is 1. The van der Waals surface area contributed by atoms with Crippen LogP contribution in [0.3, 0.4) is 0 Å². The summed E-state index contributed by atoms with van der Waals surface area (Å²) >= 11 is 3.44. The second-order valence-corrected chi connectivity index (χ2v) is 4.41. The van der Waals surface area contributed by atoms with Crippen molar-refractivity contribution < 1.29 is 4.39 Å². The molecule has 2 aromatic carbocycles. The molecule has 2 aromatic rings. The van der Waals surface area contributed by atoms with Crippen LogP contribution in [-0.4, -0.2) is 0 Å². The molecule has 0 aromatic heterocycles. The number of nitrogens with two attached hydrogens (primary N) is 1. The quantitative estimate of drug-likeness (QED) is 0.893. The molecular formula is C13H11BrFN. The Morgan fingerprint density at radius 3 is 2.50 bits per heavy atom. The van der Waals surface area contributed by atoms with Crippen molar-refractivity contribution in [2.45, 2.75) is 6.04 Å². The van der Waals surface area contributed by atoms with Crippen LogP contribution in [0.5, 0.6) is 0 Å². The van der Waals surface area contributed by atoms with E-state index in [2.05, 4.69) is 15.9 Å². The van der Waals surface area contributed by atoms with Crippen LogP contribution in [0, 0.1) is 5.82 Å².